The average Bonchev–Trinajstić information content (AvgIpc) is 2.32. The minimum atomic E-state index is -0.342. The van der Waals surface area contributed by atoms with Gasteiger partial charge in [-0.1, -0.05) is 31.0 Å². The van der Waals surface area contributed by atoms with Gasteiger partial charge in [-0.25, -0.2) is 4.39 Å². The maximum Gasteiger partial charge on any atom is 0.230 e. The van der Waals surface area contributed by atoms with Crippen LogP contribution in [0.1, 0.15) is 25.3 Å². The van der Waals surface area contributed by atoms with E-state index in [1.807, 2.05) is 0 Å². The molecule has 0 fully saturated rings. The lowest BCUT2D eigenvalue weighted by atomic mass is 10.2. The summed E-state index contributed by atoms with van der Waals surface area (Å²) >= 11 is 7.37. The third-order valence-corrected chi connectivity index (χ3v) is 3.69. The number of carbonyl (C=O) groups is 1. The molecule has 1 N–H and O–H groups in total. The second-order valence-corrected chi connectivity index (χ2v) is 5.32. The molecule has 1 rings (SSSR count). The smallest absolute Gasteiger partial charge is 0.230 e. The first-order valence-electron chi connectivity index (χ1n) is 5.92. The molecule has 0 saturated carbocycles. The molecule has 0 unspecified atom stereocenters. The van der Waals surface area contributed by atoms with Gasteiger partial charge in [0, 0.05) is 17.3 Å². The van der Waals surface area contributed by atoms with Crippen molar-refractivity contribution in [2.45, 2.75) is 25.5 Å². The van der Waals surface area contributed by atoms with Gasteiger partial charge in [-0.15, -0.1) is 11.8 Å². The number of carbonyl (C=O) groups excluding carboxylic acids is 1. The number of benzene rings is 1. The van der Waals surface area contributed by atoms with E-state index in [-0.39, 0.29) is 11.7 Å². The summed E-state index contributed by atoms with van der Waals surface area (Å²) in [6.07, 6.45) is 2.07. The molecule has 5 heteroatoms. The predicted octanol–water partition coefficient (Wildman–Crippen LogP) is 3.63. The van der Waals surface area contributed by atoms with Crippen LogP contribution in [0, 0.1) is 5.82 Å². The van der Waals surface area contributed by atoms with Gasteiger partial charge in [0.2, 0.25) is 5.91 Å². The summed E-state index contributed by atoms with van der Waals surface area (Å²) < 4.78 is 12.8. The van der Waals surface area contributed by atoms with E-state index in [1.54, 1.807) is 6.07 Å². The van der Waals surface area contributed by atoms with E-state index in [9.17, 15) is 9.18 Å². The summed E-state index contributed by atoms with van der Waals surface area (Å²) in [5, 5.41) is 3.25. The standard InChI is InChI=1S/C13H17ClFNOS/c1-2-3-6-16-13(17)9-18-8-10-4-5-11(15)7-12(10)14/h4-5,7H,2-3,6,8-9H2,1H3,(H,16,17). The number of amides is 1. The first-order chi connectivity index (χ1) is 8.63. The first-order valence-corrected chi connectivity index (χ1v) is 7.45. The Labute approximate surface area is 116 Å². The fraction of sp³-hybridized carbons (Fsp3) is 0.462. The Morgan fingerprint density at radius 1 is 1.50 bits per heavy atom. The SMILES string of the molecule is CCCCNC(=O)CSCc1ccc(F)cc1Cl. The molecule has 1 aromatic rings. The zero-order valence-corrected chi connectivity index (χ0v) is 11.9. The number of halogens is 2. The third kappa shape index (κ3) is 5.74. The zero-order chi connectivity index (χ0) is 13.4. The summed E-state index contributed by atoms with van der Waals surface area (Å²) in [6, 6.07) is 4.32. The lowest BCUT2D eigenvalue weighted by Crippen LogP contribution is -2.26. The quantitative estimate of drug-likeness (QED) is 0.777. The molecule has 0 aliphatic heterocycles. The summed E-state index contributed by atoms with van der Waals surface area (Å²) in [5.41, 5.74) is 0.851. The lowest BCUT2D eigenvalue weighted by Gasteiger charge is -2.05. The maximum absolute atomic E-state index is 12.8. The second kappa shape index (κ2) is 8.38. The molecule has 0 aromatic heterocycles. The molecular weight excluding hydrogens is 273 g/mol. The number of hydrogen-bond acceptors (Lipinski definition) is 2. The van der Waals surface area contributed by atoms with Crippen molar-refractivity contribution in [2.75, 3.05) is 12.3 Å². The Bertz CT molecular complexity index is 401. The van der Waals surface area contributed by atoms with Crippen LogP contribution in [0.2, 0.25) is 5.02 Å². The molecular formula is C13H17ClFNOS. The molecule has 2 nitrogen and oxygen atoms in total. The molecule has 0 heterocycles. The lowest BCUT2D eigenvalue weighted by molar-refractivity contribution is -0.118. The van der Waals surface area contributed by atoms with Gasteiger partial charge in [-0.3, -0.25) is 4.79 Å². The van der Waals surface area contributed by atoms with Crippen LogP contribution >= 0.6 is 23.4 Å². The molecule has 1 amide bonds. The van der Waals surface area contributed by atoms with Gasteiger partial charge in [-0.2, -0.15) is 0 Å². The largest absolute Gasteiger partial charge is 0.355 e. The molecule has 0 bridgehead atoms. The van der Waals surface area contributed by atoms with Crippen molar-refractivity contribution in [3.8, 4) is 0 Å². The van der Waals surface area contributed by atoms with Crippen LogP contribution in [0.3, 0.4) is 0 Å². The molecule has 0 aliphatic carbocycles. The Morgan fingerprint density at radius 2 is 2.28 bits per heavy atom. The van der Waals surface area contributed by atoms with Crippen LogP contribution in [-0.4, -0.2) is 18.2 Å². The summed E-state index contributed by atoms with van der Waals surface area (Å²) in [6.45, 7) is 2.81. The number of unbranched alkanes of at least 4 members (excludes halogenated alkanes) is 1. The fourth-order valence-corrected chi connectivity index (χ4v) is 2.52. The van der Waals surface area contributed by atoms with Crippen LogP contribution in [0.25, 0.3) is 0 Å². The maximum atomic E-state index is 12.8. The van der Waals surface area contributed by atoms with Crippen molar-refractivity contribution in [1.29, 1.82) is 0 Å². The number of nitrogens with one attached hydrogen (secondary N) is 1. The monoisotopic (exact) mass is 289 g/mol. The van der Waals surface area contributed by atoms with Crippen molar-refractivity contribution in [2.24, 2.45) is 0 Å². The molecule has 0 spiro atoms. The number of hydrogen-bond donors (Lipinski definition) is 1. The minimum absolute atomic E-state index is 0.0340. The predicted molar refractivity (Wildman–Crippen MR) is 75.5 cm³/mol. The van der Waals surface area contributed by atoms with Crippen molar-refractivity contribution < 1.29 is 9.18 Å². The zero-order valence-electron chi connectivity index (χ0n) is 10.3. The fourth-order valence-electron chi connectivity index (χ4n) is 1.35. The molecule has 1 aromatic carbocycles. The van der Waals surface area contributed by atoms with E-state index >= 15 is 0 Å². The van der Waals surface area contributed by atoms with Crippen molar-refractivity contribution in [1.82, 2.24) is 5.32 Å². The first kappa shape index (κ1) is 15.3. The van der Waals surface area contributed by atoms with Crippen LogP contribution in [-0.2, 0) is 10.5 Å². The third-order valence-electron chi connectivity index (χ3n) is 2.36. The highest BCUT2D eigenvalue weighted by Crippen LogP contribution is 2.21. The Balaban J connectivity index is 2.26. The number of thioether (sulfide) groups is 1. The summed E-state index contributed by atoms with van der Waals surface area (Å²) in [4.78, 5) is 11.4. The van der Waals surface area contributed by atoms with Crippen molar-refractivity contribution >= 4 is 29.3 Å². The van der Waals surface area contributed by atoms with Gasteiger partial charge in [0.15, 0.2) is 0 Å². The normalized spacial score (nSPS) is 10.4. The van der Waals surface area contributed by atoms with Crippen LogP contribution in [0.15, 0.2) is 18.2 Å². The van der Waals surface area contributed by atoms with E-state index in [2.05, 4.69) is 12.2 Å². The van der Waals surface area contributed by atoms with E-state index < -0.39 is 0 Å². The van der Waals surface area contributed by atoms with Gasteiger partial charge < -0.3 is 5.32 Å². The van der Waals surface area contributed by atoms with Crippen LogP contribution < -0.4 is 5.32 Å². The van der Waals surface area contributed by atoms with E-state index in [0.29, 0.717) is 16.5 Å². The van der Waals surface area contributed by atoms with Crippen LogP contribution in [0.4, 0.5) is 4.39 Å². The highest BCUT2D eigenvalue weighted by molar-refractivity contribution is 7.99. The van der Waals surface area contributed by atoms with E-state index in [0.717, 1.165) is 24.9 Å². The topological polar surface area (TPSA) is 29.1 Å². The molecule has 0 saturated heterocycles. The summed E-state index contributed by atoms with van der Waals surface area (Å²) in [5.74, 6) is 0.704. The van der Waals surface area contributed by atoms with Crippen LogP contribution in [0.5, 0.6) is 0 Å². The molecule has 18 heavy (non-hydrogen) atoms. The molecule has 0 atom stereocenters. The van der Waals surface area contributed by atoms with E-state index in [4.69, 9.17) is 11.6 Å². The summed E-state index contributed by atoms with van der Waals surface area (Å²) in [7, 11) is 0. The Morgan fingerprint density at radius 3 is 2.94 bits per heavy atom. The van der Waals surface area contributed by atoms with Crippen molar-refractivity contribution in [3.05, 3.63) is 34.6 Å². The average molecular weight is 290 g/mol. The Kier molecular flexibility index (Phi) is 7.13. The molecule has 0 aliphatic rings. The highest BCUT2D eigenvalue weighted by Gasteiger charge is 2.04. The van der Waals surface area contributed by atoms with Gasteiger partial charge in [-0.05, 0) is 24.1 Å². The van der Waals surface area contributed by atoms with Gasteiger partial charge in [0.1, 0.15) is 5.82 Å². The van der Waals surface area contributed by atoms with Gasteiger partial charge in [0.05, 0.1) is 5.75 Å². The molecule has 100 valence electrons. The molecule has 0 radical (unpaired) electrons. The van der Waals surface area contributed by atoms with Gasteiger partial charge >= 0.3 is 0 Å². The Hall–Kier alpha value is -0.740. The minimum Gasteiger partial charge on any atom is -0.355 e. The van der Waals surface area contributed by atoms with E-state index in [1.165, 1.54) is 23.9 Å². The van der Waals surface area contributed by atoms with Gasteiger partial charge in [0.25, 0.3) is 0 Å². The second-order valence-electron chi connectivity index (χ2n) is 3.93. The van der Waals surface area contributed by atoms with Crippen molar-refractivity contribution in [3.63, 3.8) is 0 Å². The number of rotatable bonds is 7. The highest BCUT2D eigenvalue weighted by atomic mass is 35.5.